The van der Waals surface area contributed by atoms with E-state index in [9.17, 15) is 4.79 Å². The molecule has 26 heavy (non-hydrogen) atoms. The molecule has 0 saturated carbocycles. The summed E-state index contributed by atoms with van der Waals surface area (Å²) in [5.74, 6) is 0.282. The predicted molar refractivity (Wildman–Crippen MR) is 103 cm³/mol. The molecule has 0 bridgehead atoms. The maximum absolute atomic E-state index is 13.1. The molecule has 7 heteroatoms. The summed E-state index contributed by atoms with van der Waals surface area (Å²) >= 11 is 0. The van der Waals surface area contributed by atoms with Crippen LogP contribution in [0.3, 0.4) is 0 Å². The van der Waals surface area contributed by atoms with Gasteiger partial charge in [-0.05, 0) is 58.0 Å². The Bertz CT molecular complexity index is 412. The third kappa shape index (κ3) is 5.55. The van der Waals surface area contributed by atoms with E-state index in [1.165, 1.54) is 12.8 Å². The molecule has 3 saturated heterocycles. The third-order valence-corrected chi connectivity index (χ3v) is 5.96. The Balaban J connectivity index is 0.00000243. The highest BCUT2D eigenvalue weighted by Crippen LogP contribution is 2.33. The van der Waals surface area contributed by atoms with E-state index >= 15 is 0 Å². The zero-order valence-electron chi connectivity index (χ0n) is 16.0. The summed E-state index contributed by atoms with van der Waals surface area (Å²) in [6.07, 6.45) is 7.68. The maximum atomic E-state index is 13.1. The van der Waals surface area contributed by atoms with E-state index in [1.54, 1.807) is 7.11 Å². The van der Waals surface area contributed by atoms with Crippen molar-refractivity contribution in [2.75, 3.05) is 53.1 Å². The van der Waals surface area contributed by atoms with Gasteiger partial charge in [-0.3, -0.25) is 4.79 Å². The number of halogens is 1. The molecule has 3 aliphatic heterocycles. The summed E-state index contributed by atoms with van der Waals surface area (Å²) in [7, 11) is 1.70. The van der Waals surface area contributed by atoms with Crippen molar-refractivity contribution in [3.8, 4) is 0 Å². The second-order valence-corrected chi connectivity index (χ2v) is 7.78. The van der Waals surface area contributed by atoms with Gasteiger partial charge in [0.05, 0.1) is 30.8 Å². The van der Waals surface area contributed by atoms with Gasteiger partial charge in [-0.1, -0.05) is 0 Å². The minimum atomic E-state index is -0.330. The number of hydrogen-bond donors (Lipinski definition) is 1. The molecule has 6 nitrogen and oxygen atoms in total. The van der Waals surface area contributed by atoms with Crippen molar-refractivity contribution in [1.29, 1.82) is 0 Å². The number of nitrogens with one attached hydrogen (secondary N) is 1. The highest BCUT2D eigenvalue weighted by atomic mass is 35.5. The van der Waals surface area contributed by atoms with Crippen molar-refractivity contribution in [3.05, 3.63) is 0 Å². The monoisotopic (exact) mass is 390 g/mol. The second kappa shape index (κ2) is 10.8. The molecule has 3 aliphatic rings. The first kappa shape index (κ1) is 21.9. The fourth-order valence-electron chi connectivity index (χ4n) is 4.34. The van der Waals surface area contributed by atoms with Crippen molar-refractivity contribution in [1.82, 2.24) is 10.2 Å². The van der Waals surface area contributed by atoms with Crippen LogP contribution in [0.2, 0.25) is 0 Å². The van der Waals surface area contributed by atoms with Gasteiger partial charge in [0, 0.05) is 26.8 Å². The lowest BCUT2D eigenvalue weighted by Crippen LogP contribution is -2.53. The minimum Gasteiger partial charge on any atom is -0.384 e. The summed E-state index contributed by atoms with van der Waals surface area (Å²) < 4.78 is 17.2. The fourth-order valence-corrected chi connectivity index (χ4v) is 4.34. The number of hydrogen-bond acceptors (Lipinski definition) is 5. The number of amides is 1. The molecule has 0 aliphatic carbocycles. The first-order chi connectivity index (χ1) is 12.2. The molecule has 1 unspecified atom stereocenters. The van der Waals surface area contributed by atoms with E-state index in [0.717, 1.165) is 64.9 Å². The SMILES string of the molecule is COCC1(C(=O)N2CCC(OCC3CCCCO3)CC2)CCNCC1.Cl. The van der Waals surface area contributed by atoms with Crippen LogP contribution in [0, 0.1) is 5.41 Å². The quantitative estimate of drug-likeness (QED) is 0.751. The lowest BCUT2D eigenvalue weighted by Gasteiger charge is -2.42. The molecule has 1 amide bonds. The van der Waals surface area contributed by atoms with Crippen LogP contribution in [-0.4, -0.2) is 76.1 Å². The fraction of sp³-hybridized carbons (Fsp3) is 0.947. The largest absolute Gasteiger partial charge is 0.384 e. The number of likely N-dealkylation sites (tertiary alicyclic amines) is 1. The zero-order valence-corrected chi connectivity index (χ0v) is 16.9. The Kier molecular flexibility index (Phi) is 9.10. The average molecular weight is 391 g/mol. The van der Waals surface area contributed by atoms with Gasteiger partial charge in [-0.25, -0.2) is 0 Å². The summed E-state index contributed by atoms with van der Waals surface area (Å²) in [6, 6.07) is 0. The lowest BCUT2D eigenvalue weighted by molar-refractivity contribution is -0.151. The van der Waals surface area contributed by atoms with Crippen LogP contribution >= 0.6 is 12.4 Å². The van der Waals surface area contributed by atoms with Crippen LogP contribution in [-0.2, 0) is 19.0 Å². The van der Waals surface area contributed by atoms with Crippen LogP contribution < -0.4 is 5.32 Å². The molecule has 1 N–H and O–H groups in total. The van der Waals surface area contributed by atoms with Crippen molar-refractivity contribution < 1.29 is 19.0 Å². The first-order valence-corrected chi connectivity index (χ1v) is 9.96. The van der Waals surface area contributed by atoms with Gasteiger partial charge >= 0.3 is 0 Å². The van der Waals surface area contributed by atoms with E-state index in [0.29, 0.717) is 13.2 Å². The van der Waals surface area contributed by atoms with Gasteiger partial charge in [0.25, 0.3) is 0 Å². The van der Waals surface area contributed by atoms with E-state index in [2.05, 4.69) is 5.32 Å². The Hall–Kier alpha value is -0.400. The van der Waals surface area contributed by atoms with Gasteiger partial charge in [0.1, 0.15) is 0 Å². The smallest absolute Gasteiger partial charge is 0.231 e. The summed E-state index contributed by atoms with van der Waals surface area (Å²) in [6.45, 7) is 5.51. The number of nitrogens with zero attached hydrogens (tertiary/aromatic N) is 1. The molecule has 0 radical (unpaired) electrons. The van der Waals surface area contributed by atoms with Crippen LogP contribution in [0.25, 0.3) is 0 Å². The average Bonchev–Trinajstić information content (AvgIpc) is 2.68. The Morgan fingerprint density at radius 1 is 1.19 bits per heavy atom. The van der Waals surface area contributed by atoms with Crippen molar-refractivity contribution in [2.45, 2.75) is 57.2 Å². The number of piperidine rings is 2. The molecule has 152 valence electrons. The highest BCUT2D eigenvalue weighted by molar-refractivity contribution is 5.85. The van der Waals surface area contributed by atoms with Crippen LogP contribution in [0.5, 0.6) is 0 Å². The van der Waals surface area contributed by atoms with Crippen molar-refractivity contribution in [3.63, 3.8) is 0 Å². The third-order valence-electron chi connectivity index (χ3n) is 5.96. The standard InChI is InChI=1S/C19H34N2O4.ClH/c1-23-15-19(7-9-20-10-8-19)18(22)21-11-5-16(6-12-21)25-14-17-4-2-3-13-24-17;/h16-17,20H,2-15H2,1H3;1H. The van der Waals surface area contributed by atoms with Gasteiger partial charge in [-0.15, -0.1) is 12.4 Å². The Labute approximate surface area is 163 Å². The molecule has 3 rings (SSSR count). The summed E-state index contributed by atoms with van der Waals surface area (Å²) in [4.78, 5) is 15.2. The highest BCUT2D eigenvalue weighted by Gasteiger charge is 2.43. The van der Waals surface area contributed by atoms with E-state index < -0.39 is 0 Å². The number of rotatable bonds is 6. The Morgan fingerprint density at radius 3 is 2.54 bits per heavy atom. The maximum Gasteiger partial charge on any atom is 0.231 e. The van der Waals surface area contributed by atoms with E-state index in [-0.39, 0.29) is 35.9 Å². The number of carbonyl (C=O) groups is 1. The molecule has 0 aromatic carbocycles. The lowest BCUT2D eigenvalue weighted by atomic mass is 9.78. The molecule has 0 aromatic rings. The van der Waals surface area contributed by atoms with Gasteiger partial charge < -0.3 is 24.4 Å². The number of carbonyl (C=O) groups excluding carboxylic acids is 1. The van der Waals surface area contributed by atoms with Crippen molar-refractivity contribution in [2.24, 2.45) is 5.41 Å². The first-order valence-electron chi connectivity index (χ1n) is 9.96. The normalized spacial score (nSPS) is 27.0. The van der Waals surface area contributed by atoms with Crippen molar-refractivity contribution >= 4 is 18.3 Å². The van der Waals surface area contributed by atoms with Crippen LogP contribution in [0.15, 0.2) is 0 Å². The Morgan fingerprint density at radius 2 is 1.92 bits per heavy atom. The predicted octanol–water partition coefficient (Wildman–Crippen LogP) is 2.00. The van der Waals surface area contributed by atoms with E-state index in [4.69, 9.17) is 14.2 Å². The molecular weight excluding hydrogens is 356 g/mol. The zero-order chi connectivity index (χ0) is 17.5. The number of methoxy groups -OCH3 is 1. The molecular formula is C19H35ClN2O4. The van der Waals surface area contributed by atoms with Crippen LogP contribution in [0.1, 0.15) is 44.9 Å². The van der Waals surface area contributed by atoms with Gasteiger partial charge in [0.2, 0.25) is 5.91 Å². The summed E-state index contributed by atoms with van der Waals surface area (Å²) in [5.41, 5.74) is -0.330. The topological polar surface area (TPSA) is 60.0 Å². The summed E-state index contributed by atoms with van der Waals surface area (Å²) in [5, 5.41) is 3.35. The van der Waals surface area contributed by atoms with Gasteiger partial charge in [-0.2, -0.15) is 0 Å². The number of ether oxygens (including phenoxy) is 3. The molecule has 0 spiro atoms. The van der Waals surface area contributed by atoms with Gasteiger partial charge in [0.15, 0.2) is 0 Å². The molecule has 0 aromatic heterocycles. The minimum absolute atomic E-state index is 0. The second-order valence-electron chi connectivity index (χ2n) is 7.78. The molecule has 3 heterocycles. The molecule has 1 atom stereocenters. The molecule has 3 fully saturated rings. The van der Waals surface area contributed by atoms with Crippen LogP contribution in [0.4, 0.5) is 0 Å². The van der Waals surface area contributed by atoms with E-state index in [1.807, 2.05) is 4.90 Å².